The molecule has 1 N–H and O–H groups in total. The second-order valence-electron chi connectivity index (χ2n) is 6.38. The van der Waals surface area contributed by atoms with Gasteiger partial charge < -0.3 is 14.8 Å². The summed E-state index contributed by atoms with van der Waals surface area (Å²) in [6.45, 7) is 10.7. The average molecular weight is 319 g/mol. The second kappa shape index (κ2) is 7.99. The fourth-order valence-electron chi connectivity index (χ4n) is 3.65. The first kappa shape index (κ1) is 16.6. The number of rotatable bonds is 6. The minimum Gasteiger partial charge on any atom is -0.493 e. The van der Waals surface area contributed by atoms with Crippen LogP contribution in [-0.4, -0.2) is 68.8 Å². The molecular weight excluding hydrogens is 290 g/mol. The molecule has 0 aromatic heterocycles. The van der Waals surface area contributed by atoms with Crippen LogP contribution in [0.5, 0.6) is 11.5 Å². The zero-order valence-corrected chi connectivity index (χ0v) is 14.4. The highest BCUT2D eigenvalue weighted by Crippen LogP contribution is 2.29. The van der Waals surface area contributed by atoms with E-state index >= 15 is 0 Å². The number of hydrogen-bond donors (Lipinski definition) is 1. The van der Waals surface area contributed by atoms with Crippen molar-refractivity contribution in [1.82, 2.24) is 15.1 Å². The van der Waals surface area contributed by atoms with E-state index in [1.54, 1.807) is 7.11 Å². The molecule has 0 radical (unpaired) electrons. The second-order valence-corrected chi connectivity index (χ2v) is 6.38. The van der Waals surface area contributed by atoms with Gasteiger partial charge in [-0.3, -0.25) is 9.80 Å². The Morgan fingerprint density at radius 1 is 1.17 bits per heavy atom. The highest BCUT2D eigenvalue weighted by Gasteiger charge is 2.28. The van der Waals surface area contributed by atoms with Crippen molar-refractivity contribution in [3.63, 3.8) is 0 Å². The maximum atomic E-state index is 5.69. The fraction of sp³-hybridized carbons (Fsp3) is 0.667. The number of ether oxygens (including phenoxy) is 2. The Labute approximate surface area is 139 Å². The summed E-state index contributed by atoms with van der Waals surface area (Å²) in [7, 11) is 1.69. The molecule has 5 nitrogen and oxygen atoms in total. The average Bonchev–Trinajstić information content (AvgIpc) is 3.05. The number of likely N-dealkylation sites (tertiary alicyclic amines) is 1. The third-order valence-corrected chi connectivity index (χ3v) is 4.85. The summed E-state index contributed by atoms with van der Waals surface area (Å²) in [6.07, 6.45) is 1.29. The molecule has 0 bridgehead atoms. The number of hydrogen-bond acceptors (Lipinski definition) is 5. The molecular formula is C18H29N3O2. The van der Waals surface area contributed by atoms with Crippen molar-refractivity contribution in [2.45, 2.75) is 25.9 Å². The van der Waals surface area contributed by atoms with E-state index in [1.807, 2.05) is 13.0 Å². The Morgan fingerprint density at radius 3 is 2.74 bits per heavy atom. The third-order valence-electron chi connectivity index (χ3n) is 4.85. The first-order valence-electron chi connectivity index (χ1n) is 8.77. The lowest BCUT2D eigenvalue weighted by molar-refractivity contribution is 0.170. The lowest BCUT2D eigenvalue weighted by Crippen LogP contribution is -2.49. The van der Waals surface area contributed by atoms with Crippen LogP contribution in [-0.2, 0) is 6.54 Å². The predicted octanol–water partition coefficient (Wildman–Crippen LogP) is 1.57. The molecule has 2 fully saturated rings. The van der Waals surface area contributed by atoms with Crippen LogP contribution in [0, 0.1) is 0 Å². The molecule has 5 heteroatoms. The topological polar surface area (TPSA) is 37.0 Å². The molecule has 2 heterocycles. The van der Waals surface area contributed by atoms with Gasteiger partial charge in [0.05, 0.1) is 13.7 Å². The summed E-state index contributed by atoms with van der Waals surface area (Å²) < 4.78 is 11.1. The smallest absolute Gasteiger partial charge is 0.161 e. The van der Waals surface area contributed by atoms with Gasteiger partial charge in [0.15, 0.2) is 11.5 Å². The summed E-state index contributed by atoms with van der Waals surface area (Å²) in [5.74, 6) is 1.67. The molecule has 1 aromatic rings. The Bertz CT molecular complexity index is 503. The molecule has 23 heavy (non-hydrogen) atoms. The van der Waals surface area contributed by atoms with E-state index in [1.165, 1.54) is 38.2 Å². The molecule has 0 spiro atoms. The Morgan fingerprint density at radius 2 is 2.00 bits per heavy atom. The highest BCUT2D eigenvalue weighted by atomic mass is 16.5. The van der Waals surface area contributed by atoms with E-state index in [2.05, 4.69) is 27.2 Å². The number of benzene rings is 1. The summed E-state index contributed by atoms with van der Waals surface area (Å²) in [5, 5.41) is 3.44. The van der Waals surface area contributed by atoms with Crippen molar-refractivity contribution >= 4 is 0 Å². The van der Waals surface area contributed by atoms with Gasteiger partial charge in [-0.2, -0.15) is 0 Å². The van der Waals surface area contributed by atoms with Gasteiger partial charge in [0.25, 0.3) is 0 Å². The van der Waals surface area contributed by atoms with Gasteiger partial charge >= 0.3 is 0 Å². The minimum absolute atomic E-state index is 0.661. The van der Waals surface area contributed by atoms with Gasteiger partial charge in [-0.1, -0.05) is 6.07 Å². The molecule has 2 aliphatic rings. The Kier molecular flexibility index (Phi) is 5.75. The van der Waals surface area contributed by atoms with Gasteiger partial charge in [0, 0.05) is 51.9 Å². The molecule has 128 valence electrons. The molecule has 0 saturated carbocycles. The van der Waals surface area contributed by atoms with Crippen LogP contribution in [0.15, 0.2) is 18.2 Å². The highest BCUT2D eigenvalue weighted by molar-refractivity contribution is 5.43. The first-order valence-corrected chi connectivity index (χ1v) is 8.77. The number of methoxy groups -OCH3 is 1. The molecule has 2 aliphatic heterocycles. The van der Waals surface area contributed by atoms with Gasteiger partial charge in [0.1, 0.15) is 0 Å². The van der Waals surface area contributed by atoms with Crippen LogP contribution in [0.1, 0.15) is 18.9 Å². The van der Waals surface area contributed by atoms with Crippen molar-refractivity contribution in [2.75, 3.05) is 53.0 Å². The normalized spacial score (nSPS) is 23.1. The first-order chi connectivity index (χ1) is 11.3. The quantitative estimate of drug-likeness (QED) is 0.861. The largest absolute Gasteiger partial charge is 0.493 e. The van der Waals surface area contributed by atoms with Crippen LogP contribution >= 0.6 is 0 Å². The monoisotopic (exact) mass is 319 g/mol. The number of piperazine rings is 1. The summed E-state index contributed by atoms with van der Waals surface area (Å²) >= 11 is 0. The summed E-state index contributed by atoms with van der Waals surface area (Å²) in [6, 6.07) is 7.02. The van der Waals surface area contributed by atoms with Gasteiger partial charge in [-0.25, -0.2) is 0 Å². The van der Waals surface area contributed by atoms with E-state index < -0.39 is 0 Å². The van der Waals surface area contributed by atoms with Crippen LogP contribution in [0.2, 0.25) is 0 Å². The van der Waals surface area contributed by atoms with Gasteiger partial charge in [0.2, 0.25) is 0 Å². The zero-order valence-electron chi connectivity index (χ0n) is 14.4. The van der Waals surface area contributed by atoms with E-state index in [4.69, 9.17) is 9.47 Å². The standard InChI is InChI=1S/C18H29N3O2/c1-3-23-18-12-15(4-5-17(18)22-2)13-20-9-6-16(14-20)21-10-7-19-8-11-21/h4-5,12,16,19H,3,6-11,13-14H2,1-2H3. The van der Waals surface area contributed by atoms with Crippen LogP contribution in [0.25, 0.3) is 0 Å². The number of nitrogens with zero attached hydrogens (tertiary/aromatic N) is 2. The molecule has 0 amide bonds. The van der Waals surface area contributed by atoms with Crippen LogP contribution in [0.4, 0.5) is 0 Å². The molecule has 3 rings (SSSR count). The maximum absolute atomic E-state index is 5.69. The lowest BCUT2D eigenvalue weighted by atomic mass is 10.2. The molecule has 1 aromatic carbocycles. The third kappa shape index (κ3) is 4.16. The van der Waals surface area contributed by atoms with Gasteiger partial charge in [-0.05, 0) is 31.0 Å². The van der Waals surface area contributed by atoms with Gasteiger partial charge in [-0.15, -0.1) is 0 Å². The fourth-order valence-corrected chi connectivity index (χ4v) is 3.65. The minimum atomic E-state index is 0.661. The van der Waals surface area contributed by atoms with E-state index in [-0.39, 0.29) is 0 Å². The molecule has 1 atom stereocenters. The zero-order chi connectivity index (χ0) is 16.1. The van der Waals surface area contributed by atoms with Crippen molar-refractivity contribution in [3.05, 3.63) is 23.8 Å². The van der Waals surface area contributed by atoms with E-state index in [9.17, 15) is 0 Å². The van der Waals surface area contributed by atoms with E-state index in [0.29, 0.717) is 6.61 Å². The molecule has 0 aliphatic carbocycles. The summed E-state index contributed by atoms with van der Waals surface area (Å²) in [5.41, 5.74) is 1.30. The predicted molar refractivity (Wildman–Crippen MR) is 92.3 cm³/mol. The molecule has 2 saturated heterocycles. The SMILES string of the molecule is CCOc1cc(CN2CCC(N3CCNCC3)C2)ccc1OC. The van der Waals surface area contributed by atoms with Crippen molar-refractivity contribution < 1.29 is 9.47 Å². The van der Waals surface area contributed by atoms with Crippen LogP contribution in [0.3, 0.4) is 0 Å². The molecule has 1 unspecified atom stereocenters. The van der Waals surface area contributed by atoms with Crippen molar-refractivity contribution in [3.8, 4) is 11.5 Å². The Balaban J connectivity index is 1.58. The van der Waals surface area contributed by atoms with Crippen LogP contribution < -0.4 is 14.8 Å². The van der Waals surface area contributed by atoms with Crippen molar-refractivity contribution in [2.24, 2.45) is 0 Å². The number of nitrogens with one attached hydrogen (secondary N) is 1. The maximum Gasteiger partial charge on any atom is 0.161 e. The summed E-state index contributed by atoms with van der Waals surface area (Å²) in [4.78, 5) is 5.21. The Hall–Kier alpha value is -1.30. The van der Waals surface area contributed by atoms with E-state index in [0.717, 1.165) is 37.2 Å². The lowest BCUT2D eigenvalue weighted by Gasteiger charge is -2.32. The van der Waals surface area contributed by atoms with Crippen molar-refractivity contribution in [1.29, 1.82) is 0 Å².